The molecule has 0 bridgehead atoms. The predicted octanol–water partition coefficient (Wildman–Crippen LogP) is 5.52. The first-order chi connectivity index (χ1) is 10.8. The van der Waals surface area contributed by atoms with Gasteiger partial charge in [-0.25, -0.2) is 0 Å². The van der Waals surface area contributed by atoms with E-state index in [-0.39, 0.29) is 12.4 Å². The van der Waals surface area contributed by atoms with E-state index in [2.05, 4.69) is 37.8 Å². The van der Waals surface area contributed by atoms with Gasteiger partial charge >= 0.3 is 0 Å². The topological polar surface area (TPSA) is 18.5 Å². The van der Waals surface area contributed by atoms with Crippen LogP contribution in [-0.4, -0.2) is 19.5 Å². The van der Waals surface area contributed by atoms with Crippen LogP contribution in [-0.2, 0) is 15.9 Å². The minimum atomic E-state index is -0.178. The van der Waals surface area contributed by atoms with Gasteiger partial charge in [0.15, 0.2) is 6.29 Å². The van der Waals surface area contributed by atoms with E-state index in [4.69, 9.17) is 9.47 Å². The van der Waals surface area contributed by atoms with Crippen molar-refractivity contribution >= 4 is 0 Å². The molecule has 0 aliphatic heterocycles. The molecule has 2 nitrogen and oxygen atoms in total. The van der Waals surface area contributed by atoms with E-state index in [0.29, 0.717) is 0 Å². The first-order valence-corrected chi connectivity index (χ1v) is 8.63. The van der Waals surface area contributed by atoms with Gasteiger partial charge in [0.25, 0.3) is 0 Å². The highest BCUT2D eigenvalue weighted by molar-refractivity contribution is 5.15. The van der Waals surface area contributed by atoms with Crippen molar-refractivity contribution in [1.29, 1.82) is 0 Å². The zero-order valence-electron chi connectivity index (χ0n) is 14.3. The summed E-state index contributed by atoms with van der Waals surface area (Å²) in [7, 11) is 1.72. The van der Waals surface area contributed by atoms with E-state index in [1.807, 2.05) is 12.1 Å². The zero-order valence-corrected chi connectivity index (χ0v) is 14.3. The summed E-state index contributed by atoms with van der Waals surface area (Å²) in [6, 6.07) is 10.4. The summed E-state index contributed by atoms with van der Waals surface area (Å²) in [5, 5.41) is 0. The number of unbranched alkanes of at least 4 members (excludes halogenated alkanes) is 4. The lowest BCUT2D eigenvalue weighted by Gasteiger charge is -2.23. The lowest BCUT2D eigenvalue weighted by Crippen LogP contribution is -2.25. The summed E-state index contributed by atoms with van der Waals surface area (Å²) in [6.45, 7) is 6.10. The molecule has 0 fully saturated rings. The Kier molecular flexibility index (Phi) is 10.7. The van der Waals surface area contributed by atoms with Crippen LogP contribution in [0, 0.1) is 0 Å². The van der Waals surface area contributed by atoms with Crippen LogP contribution < -0.4 is 0 Å². The molecule has 0 radical (unpaired) electrons. The Hall–Kier alpha value is -1.12. The SMILES string of the molecule is C=CCC(CCCCCCC)OC(Cc1ccccc1)OC. The van der Waals surface area contributed by atoms with Crippen molar-refractivity contribution in [3.05, 3.63) is 48.6 Å². The maximum Gasteiger partial charge on any atom is 0.161 e. The molecule has 0 amide bonds. The van der Waals surface area contributed by atoms with Crippen LogP contribution >= 0.6 is 0 Å². The van der Waals surface area contributed by atoms with E-state index >= 15 is 0 Å². The highest BCUT2D eigenvalue weighted by Crippen LogP contribution is 2.16. The van der Waals surface area contributed by atoms with E-state index in [1.165, 1.54) is 37.7 Å². The van der Waals surface area contributed by atoms with E-state index in [9.17, 15) is 0 Å². The van der Waals surface area contributed by atoms with Gasteiger partial charge in [-0.2, -0.15) is 0 Å². The fourth-order valence-corrected chi connectivity index (χ4v) is 2.61. The van der Waals surface area contributed by atoms with Crippen molar-refractivity contribution in [2.24, 2.45) is 0 Å². The third kappa shape index (κ3) is 8.35. The van der Waals surface area contributed by atoms with Crippen LogP contribution in [0.25, 0.3) is 0 Å². The van der Waals surface area contributed by atoms with Crippen molar-refractivity contribution in [1.82, 2.24) is 0 Å². The van der Waals surface area contributed by atoms with Crippen LogP contribution in [0.2, 0.25) is 0 Å². The largest absolute Gasteiger partial charge is 0.356 e. The van der Waals surface area contributed by atoms with Gasteiger partial charge in [-0.1, -0.05) is 75.4 Å². The number of methoxy groups -OCH3 is 1. The van der Waals surface area contributed by atoms with Crippen molar-refractivity contribution in [2.45, 2.75) is 70.7 Å². The molecule has 1 aromatic carbocycles. The number of ether oxygens (including phenoxy) is 2. The fourth-order valence-electron chi connectivity index (χ4n) is 2.61. The highest BCUT2D eigenvalue weighted by Gasteiger charge is 2.15. The minimum absolute atomic E-state index is 0.178. The van der Waals surface area contributed by atoms with E-state index < -0.39 is 0 Å². The van der Waals surface area contributed by atoms with Crippen molar-refractivity contribution in [3.63, 3.8) is 0 Å². The maximum absolute atomic E-state index is 6.16. The Morgan fingerprint density at radius 2 is 1.82 bits per heavy atom. The smallest absolute Gasteiger partial charge is 0.161 e. The Morgan fingerprint density at radius 1 is 1.09 bits per heavy atom. The first-order valence-electron chi connectivity index (χ1n) is 8.63. The zero-order chi connectivity index (χ0) is 16.0. The first kappa shape index (κ1) is 18.9. The molecular formula is C20H32O2. The average molecular weight is 304 g/mol. The molecule has 0 aromatic heterocycles. The summed E-state index contributed by atoms with van der Waals surface area (Å²) >= 11 is 0. The van der Waals surface area contributed by atoms with Crippen LogP contribution in [0.1, 0.15) is 57.4 Å². The van der Waals surface area contributed by atoms with Crippen LogP contribution in [0.5, 0.6) is 0 Å². The summed E-state index contributed by atoms with van der Waals surface area (Å²) < 4.78 is 11.7. The molecule has 2 unspecified atom stereocenters. The molecule has 124 valence electrons. The van der Waals surface area contributed by atoms with Gasteiger partial charge in [0.05, 0.1) is 6.10 Å². The summed E-state index contributed by atoms with van der Waals surface area (Å²) in [6.07, 6.45) is 11.2. The van der Waals surface area contributed by atoms with Crippen LogP contribution in [0.3, 0.4) is 0 Å². The summed E-state index contributed by atoms with van der Waals surface area (Å²) in [5.41, 5.74) is 1.25. The van der Waals surface area contributed by atoms with Crippen LogP contribution in [0.15, 0.2) is 43.0 Å². The average Bonchev–Trinajstić information content (AvgIpc) is 2.55. The third-order valence-electron chi connectivity index (χ3n) is 3.91. The van der Waals surface area contributed by atoms with Gasteiger partial charge in [0, 0.05) is 13.5 Å². The predicted molar refractivity (Wildman–Crippen MR) is 94.0 cm³/mol. The molecule has 0 saturated carbocycles. The summed E-state index contributed by atoms with van der Waals surface area (Å²) in [5.74, 6) is 0. The molecule has 2 heteroatoms. The van der Waals surface area contributed by atoms with Crippen molar-refractivity contribution in [2.75, 3.05) is 7.11 Å². The van der Waals surface area contributed by atoms with E-state index in [1.54, 1.807) is 7.11 Å². The normalized spacial score (nSPS) is 13.7. The minimum Gasteiger partial charge on any atom is -0.356 e. The Labute approximate surface area is 136 Å². The van der Waals surface area contributed by atoms with Crippen LogP contribution in [0.4, 0.5) is 0 Å². The number of hydrogen-bond donors (Lipinski definition) is 0. The standard InChI is InChI=1S/C20H32O2/c1-4-6-7-8-12-16-19(13-5-2)22-20(21-3)17-18-14-10-9-11-15-18/h5,9-11,14-15,19-20H,2,4,6-8,12-13,16-17H2,1,3H3. The van der Waals surface area contributed by atoms with Gasteiger partial charge < -0.3 is 9.47 Å². The molecule has 0 spiro atoms. The maximum atomic E-state index is 6.16. The van der Waals surface area contributed by atoms with Crippen molar-refractivity contribution in [3.8, 4) is 0 Å². The van der Waals surface area contributed by atoms with Gasteiger partial charge in [-0.15, -0.1) is 6.58 Å². The molecule has 0 aliphatic carbocycles. The fraction of sp³-hybridized carbons (Fsp3) is 0.600. The molecule has 0 aliphatic rings. The van der Waals surface area contributed by atoms with Gasteiger partial charge in [-0.05, 0) is 18.4 Å². The number of rotatable bonds is 13. The number of benzene rings is 1. The molecular weight excluding hydrogens is 272 g/mol. The van der Waals surface area contributed by atoms with Gasteiger partial charge in [-0.3, -0.25) is 0 Å². The highest BCUT2D eigenvalue weighted by atomic mass is 16.7. The number of hydrogen-bond acceptors (Lipinski definition) is 2. The molecule has 0 saturated heterocycles. The van der Waals surface area contributed by atoms with E-state index in [0.717, 1.165) is 19.3 Å². The molecule has 2 atom stereocenters. The second-order valence-electron chi connectivity index (χ2n) is 5.84. The monoisotopic (exact) mass is 304 g/mol. The Morgan fingerprint density at radius 3 is 2.45 bits per heavy atom. The molecule has 22 heavy (non-hydrogen) atoms. The Balaban J connectivity index is 2.39. The molecule has 0 heterocycles. The molecule has 1 rings (SSSR count). The molecule has 0 N–H and O–H groups in total. The third-order valence-corrected chi connectivity index (χ3v) is 3.91. The van der Waals surface area contributed by atoms with Gasteiger partial charge in [0.1, 0.15) is 0 Å². The summed E-state index contributed by atoms with van der Waals surface area (Å²) in [4.78, 5) is 0. The molecule has 1 aromatic rings. The lowest BCUT2D eigenvalue weighted by molar-refractivity contribution is -0.155. The second-order valence-corrected chi connectivity index (χ2v) is 5.84. The second kappa shape index (κ2) is 12.4. The van der Waals surface area contributed by atoms with Gasteiger partial charge in [0.2, 0.25) is 0 Å². The van der Waals surface area contributed by atoms with Crippen molar-refractivity contribution < 1.29 is 9.47 Å². The quantitative estimate of drug-likeness (QED) is 0.271. The lowest BCUT2D eigenvalue weighted by atomic mass is 10.1. The Bertz CT molecular complexity index is 375.